The molecule has 0 radical (unpaired) electrons. The summed E-state index contributed by atoms with van der Waals surface area (Å²) in [5, 5.41) is 0. The van der Waals surface area contributed by atoms with Crippen LogP contribution in [0.25, 0.3) is 11.2 Å². The van der Waals surface area contributed by atoms with Gasteiger partial charge < -0.3 is 14.4 Å². The van der Waals surface area contributed by atoms with Crippen LogP contribution in [0.1, 0.15) is 31.7 Å². The van der Waals surface area contributed by atoms with Crippen LogP contribution in [0, 0.1) is 5.92 Å². The molecule has 0 N–H and O–H groups in total. The number of nitrogens with zero attached hydrogens (tertiary/aromatic N) is 6. The number of benzene rings is 1. The van der Waals surface area contributed by atoms with Gasteiger partial charge in [0, 0.05) is 39.8 Å². The maximum atomic E-state index is 13.6. The Morgan fingerprint density at radius 2 is 1.73 bits per heavy atom. The summed E-state index contributed by atoms with van der Waals surface area (Å²) >= 11 is 0. The van der Waals surface area contributed by atoms with E-state index in [-0.39, 0.29) is 11.2 Å². The molecule has 2 aliphatic rings. The van der Waals surface area contributed by atoms with Gasteiger partial charge in [0.05, 0.1) is 0 Å². The number of likely N-dealkylation sites (tertiary alicyclic amines) is 1. The van der Waals surface area contributed by atoms with Crippen molar-refractivity contribution in [3.63, 3.8) is 0 Å². The third-order valence-electron chi connectivity index (χ3n) is 7.12. The number of hydrogen-bond donors (Lipinski definition) is 0. The zero-order chi connectivity index (χ0) is 22.9. The summed E-state index contributed by atoms with van der Waals surface area (Å²) in [7, 11) is 1.73. The lowest BCUT2D eigenvalue weighted by molar-refractivity contribution is 0.218. The highest BCUT2D eigenvalue weighted by molar-refractivity contribution is 5.75. The highest BCUT2D eigenvalue weighted by Gasteiger charge is 2.29. The Kier molecular flexibility index (Phi) is 6.10. The molecule has 2 aliphatic heterocycles. The first-order valence-electron chi connectivity index (χ1n) is 12.2. The Hall–Kier alpha value is -2.87. The van der Waals surface area contributed by atoms with E-state index in [1.807, 2.05) is 10.6 Å². The molecule has 8 nitrogen and oxygen atoms in total. The summed E-state index contributed by atoms with van der Waals surface area (Å²) in [6.07, 6.45) is 4.57. The topological polar surface area (TPSA) is 68.3 Å². The number of rotatable bonds is 6. The molecule has 5 rings (SSSR count). The van der Waals surface area contributed by atoms with Crippen molar-refractivity contribution in [2.75, 3.05) is 37.6 Å². The van der Waals surface area contributed by atoms with Crippen LogP contribution in [0.3, 0.4) is 0 Å². The van der Waals surface area contributed by atoms with Gasteiger partial charge in [-0.15, -0.1) is 0 Å². The number of aromatic nitrogens is 4. The van der Waals surface area contributed by atoms with Crippen molar-refractivity contribution in [2.24, 2.45) is 13.0 Å². The van der Waals surface area contributed by atoms with Gasteiger partial charge in [-0.25, -0.2) is 4.79 Å². The Morgan fingerprint density at radius 3 is 2.48 bits per heavy atom. The normalized spacial score (nSPS) is 19.2. The van der Waals surface area contributed by atoms with Crippen LogP contribution in [-0.4, -0.2) is 56.3 Å². The second kappa shape index (κ2) is 9.17. The van der Waals surface area contributed by atoms with Crippen LogP contribution in [0.4, 0.5) is 5.95 Å². The van der Waals surface area contributed by atoms with Gasteiger partial charge >= 0.3 is 5.69 Å². The fourth-order valence-corrected chi connectivity index (χ4v) is 5.32. The maximum absolute atomic E-state index is 13.6. The van der Waals surface area contributed by atoms with Gasteiger partial charge in [0.2, 0.25) is 5.95 Å². The third-order valence-corrected chi connectivity index (χ3v) is 7.12. The molecule has 1 aromatic carbocycles. The molecule has 1 atom stereocenters. The lowest BCUT2D eigenvalue weighted by atomic mass is 10.1. The molecule has 1 fully saturated rings. The number of piperidine rings is 1. The molecule has 0 spiro atoms. The Balaban J connectivity index is 1.49. The van der Waals surface area contributed by atoms with Gasteiger partial charge in [-0.2, -0.15) is 4.98 Å². The summed E-state index contributed by atoms with van der Waals surface area (Å²) in [6.45, 7) is 7.94. The molecule has 4 heterocycles. The molecule has 8 heteroatoms. The second-order valence-electron chi connectivity index (χ2n) is 9.68. The van der Waals surface area contributed by atoms with Crippen LogP contribution >= 0.6 is 0 Å². The average Bonchev–Trinajstić information content (AvgIpc) is 3.22. The van der Waals surface area contributed by atoms with Crippen LogP contribution in [-0.2, 0) is 26.6 Å². The molecule has 0 amide bonds. The molecule has 33 heavy (non-hydrogen) atoms. The Labute approximate surface area is 194 Å². The van der Waals surface area contributed by atoms with E-state index in [0.29, 0.717) is 23.6 Å². The number of aryl methyl sites for hydroxylation is 1. The van der Waals surface area contributed by atoms with Crippen LogP contribution in [0.15, 0.2) is 39.9 Å². The Bertz CT molecular complexity index is 1240. The quantitative estimate of drug-likeness (QED) is 0.575. The summed E-state index contributed by atoms with van der Waals surface area (Å²) in [5.41, 5.74) is 1.85. The van der Waals surface area contributed by atoms with E-state index in [2.05, 4.69) is 41.0 Å². The predicted octanol–water partition coefficient (Wildman–Crippen LogP) is 2.08. The van der Waals surface area contributed by atoms with Crippen molar-refractivity contribution in [1.82, 2.24) is 23.6 Å². The smallest absolute Gasteiger partial charge is 0.332 e. The lowest BCUT2D eigenvalue weighted by Gasteiger charge is -2.33. The van der Waals surface area contributed by atoms with E-state index in [0.717, 1.165) is 51.6 Å². The lowest BCUT2D eigenvalue weighted by Crippen LogP contribution is -2.43. The summed E-state index contributed by atoms with van der Waals surface area (Å²) in [6, 6.07) is 10.4. The van der Waals surface area contributed by atoms with Crippen LogP contribution in [0.2, 0.25) is 0 Å². The zero-order valence-electron chi connectivity index (χ0n) is 19.7. The average molecular weight is 451 g/mol. The van der Waals surface area contributed by atoms with Gasteiger partial charge in [0.1, 0.15) is 0 Å². The minimum absolute atomic E-state index is 0.207. The molecular weight excluding hydrogens is 416 g/mol. The third kappa shape index (κ3) is 4.24. The number of anilines is 1. The van der Waals surface area contributed by atoms with Gasteiger partial charge in [0.25, 0.3) is 5.56 Å². The summed E-state index contributed by atoms with van der Waals surface area (Å²) in [4.78, 5) is 36.1. The van der Waals surface area contributed by atoms with Crippen molar-refractivity contribution in [2.45, 2.75) is 45.7 Å². The van der Waals surface area contributed by atoms with Gasteiger partial charge in [0.15, 0.2) is 11.2 Å². The molecule has 0 aliphatic carbocycles. The molecule has 176 valence electrons. The minimum Gasteiger partial charge on any atom is -0.342 e. The maximum Gasteiger partial charge on any atom is 0.332 e. The van der Waals surface area contributed by atoms with Gasteiger partial charge in [-0.1, -0.05) is 43.7 Å². The second-order valence-corrected chi connectivity index (χ2v) is 9.68. The van der Waals surface area contributed by atoms with Crippen molar-refractivity contribution >= 4 is 17.1 Å². The standard InChI is InChI=1S/C25H34N6O2/c1-19-17-29(14-11-20-9-5-3-6-10-20)24-26-22-21(31(24)18-19)23(32)30(25(33)27(22)2)16-15-28-12-7-4-8-13-28/h3,5-6,9-10,19H,4,7-8,11-18H2,1-2H3. The molecule has 3 aromatic rings. The fraction of sp³-hybridized carbons (Fsp3) is 0.560. The largest absolute Gasteiger partial charge is 0.342 e. The molecule has 1 unspecified atom stereocenters. The van der Waals surface area contributed by atoms with Crippen molar-refractivity contribution in [3.8, 4) is 0 Å². The Morgan fingerprint density at radius 1 is 0.970 bits per heavy atom. The fourth-order valence-electron chi connectivity index (χ4n) is 5.32. The van der Waals surface area contributed by atoms with Gasteiger partial charge in [-0.05, 0) is 43.8 Å². The van der Waals surface area contributed by atoms with Crippen molar-refractivity contribution in [3.05, 3.63) is 56.7 Å². The molecule has 2 aromatic heterocycles. The van der Waals surface area contributed by atoms with E-state index < -0.39 is 0 Å². The first-order chi connectivity index (χ1) is 16.0. The van der Waals surface area contributed by atoms with Crippen molar-refractivity contribution < 1.29 is 0 Å². The highest BCUT2D eigenvalue weighted by atomic mass is 16.2. The van der Waals surface area contributed by atoms with E-state index in [9.17, 15) is 9.59 Å². The molecular formula is C25H34N6O2. The highest BCUT2D eigenvalue weighted by Crippen LogP contribution is 2.27. The summed E-state index contributed by atoms with van der Waals surface area (Å²) in [5.74, 6) is 1.20. The number of hydrogen-bond acceptors (Lipinski definition) is 5. The van der Waals surface area contributed by atoms with Crippen LogP contribution < -0.4 is 16.1 Å². The number of imidazole rings is 1. The minimum atomic E-state index is -0.274. The number of fused-ring (bicyclic) bond motifs is 3. The van der Waals surface area contributed by atoms with E-state index >= 15 is 0 Å². The molecule has 0 bridgehead atoms. The first-order valence-corrected chi connectivity index (χ1v) is 12.2. The van der Waals surface area contributed by atoms with Crippen molar-refractivity contribution in [1.29, 1.82) is 0 Å². The predicted molar refractivity (Wildman–Crippen MR) is 131 cm³/mol. The van der Waals surface area contributed by atoms with Crippen LogP contribution in [0.5, 0.6) is 0 Å². The van der Waals surface area contributed by atoms with E-state index in [4.69, 9.17) is 4.98 Å². The summed E-state index contributed by atoms with van der Waals surface area (Å²) < 4.78 is 5.02. The van der Waals surface area contributed by atoms with E-state index in [1.54, 1.807) is 11.6 Å². The SMILES string of the molecule is CC1CN(CCc2ccccc2)c2nc3c(c(=O)n(CCN4CCCCC4)c(=O)n3C)n2C1. The van der Waals surface area contributed by atoms with Gasteiger partial charge in [-0.3, -0.25) is 13.9 Å². The zero-order valence-corrected chi connectivity index (χ0v) is 19.7. The van der Waals surface area contributed by atoms with E-state index in [1.165, 1.54) is 29.4 Å². The first kappa shape index (κ1) is 21.9. The monoisotopic (exact) mass is 450 g/mol. The molecule has 0 saturated carbocycles. The molecule has 1 saturated heterocycles.